The lowest BCUT2D eigenvalue weighted by molar-refractivity contribution is -0.124. The average Bonchev–Trinajstić information content (AvgIpc) is 3.17. The Kier molecular flexibility index (Phi) is 4.62. The van der Waals surface area contributed by atoms with E-state index in [1.165, 1.54) is 0 Å². The predicted octanol–water partition coefficient (Wildman–Crippen LogP) is 3.79. The zero-order valence-electron chi connectivity index (χ0n) is 12.6. The minimum absolute atomic E-state index is 0.130. The molecule has 1 fully saturated rings. The molecule has 1 amide bonds. The monoisotopic (exact) mass is 361 g/mol. The second kappa shape index (κ2) is 6.65. The van der Waals surface area contributed by atoms with E-state index < -0.39 is 0 Å². The maximum absolute atomic E-state index is 12.0. The summed E-state index contributed by atoms with van der Waals surface area (Å²) in [7, 11) is 0. The van der Waals surface area contributed by atoms with Gasteiger partial charge in [-0.25, -0.2) is 4.98 Å². The van der Waals surface area contributed by atoms with Crippen molar-refractivity contribution in [1.82, 2.24) is 14.9 Å². The molecule has 0 spiro atoms. The molecule has 1 aromatic heterocycles. The molecule has 22 heavy (non-hydrogen) atoms. The number of halogens is 1. The van der Waals surface area contributed by atoms with E-state index in [0.717, 1.165) is 35.0 Å². The fourth-order valence-electron chi connectivity index (χ4n) is 3.21. The van der Waals surface area contributed by atoms with Gasteiger partial charge in [-0.15, -0.1) is 0 Å². The number of carbonyl (C=O) groups is 1. The molecular weight excluding hydrogens is 342 g/mol. The number of benzene rings is 1. The maximum Gasteiger partial charge on any atom is 0.223 e. The molecular formula is C17H20BrN3O. The second-order valence-electron chi connectivity index (χ2n) is 5.75. The number of nitrogens with one attached hydrogen (secondary N) is 1. The first-order valence-electron chi connectivity index (χ1n) is 7.74. The lowest BCUT2D eigenvalue weighted by Crippen LogP contribution is -2.29. The van der Waals surface area contributed by atoms with Crippen molar-refractivity contribution in [3.8, 4) is 11.3 Å². The molecule has 3 rings (SSSR count). The summed E-state index contributed by atoms with van der Waals surface area (Å²) in [6.45, 7) is 2.67. The van der Waals surface area contributed by atoms with Crippen LogP contribution in [0, 0.1) is 5.92 Å². The smallest absolute Gasteiger partial charge is 0.223 e. The van der Waals surface area contributed by atoms with E-state index in [1.54, 1.807) is 0 Å². The molecule has 5 heteroatoms. The maximum atomic E-state index is 12.0. The van der Waals surface area contributed by atoms with Gasteiger partial charge in [0.2, 0.25) is 5.91 Å². The van der Waals surface area contributed by atoms with Crippen LogP contribution in [0.4, 0.5) is 0 Å². The Labute approximate surface area is 139 Å². The summed E-state index contributed by atoms with van der Waals surface area (Å²) in [5, 5.41) is 2.94. The second-order valence-corrected chi connectivity index (χ2v) is 6.67. The Morgan fingerprint density at radius 3 is 2.86 bits per heavy atom. The standard InChI is InChI=1S/C17H20BrN3O/c1-2-20-17(22)13-5-8-15(9-13)21-11-19-10-16(21)12-3-6-14(18)7-4-12/h3-4,6-7,10-11,13,15H,2,5,8-9H2,1H3,(H,20,22)/t13-,15+/m0/s1. The van der Waals surface area contributed by atoms with Crippen molar-refractivity contribution < 1.29 is 4.79 Å². The highest BCUT2D eigenvalue weighted by Gasteiger charge is 2.31. The largest absolute Gasteiger partial charge is 0.356 e. The van der Waals surface area contributed by atoms with Crippen LogP contribution in [-0.4, -0.2) is 22.0 Å². The Morgan fingerprint density at radius 2 is 2.14 bits per heavy atom. The average molecular weight is 362 g/mol. The van der Waals surface area contributed by atoms with Crippen molar-refractivity contribution in [3.05, 3.63) is 41.3 Å². The van der Waals surface area contributed by atoms with Gasteiger partial charge in [0.15, 0.2) is 0 Å². The van der Waals surface area contributed by atoms with Gasteiger partial charge in [0, 0.05) is 23.0 Å². The SMILES string of the molecule is CCNC(=O)[C@H]1CC[C@@H](n2cncc2-c2ccc(Br)cc2)C1. The first-order chi connectivity index (χ1) is 10.7. The molecule has 1 aliphatic carbocycles. The van der Waals surface area contributed by atoms with Crippen molar-refractivity contribution in [1.29, 1.82) is 0 Å². The van der Waals surface area contributed by atoms with Gasteiger partial charge in [0.05, 0.1) is 18.2 Å². The van der Waals surface area contributed by atoms with Crippen LogP contribution in [0.3, 0.4) is 0 Å². The minimum atomic E-state index is 0.130. The molecule has 1 aromatic carbocycles. The first kappa shape index (κ1) is 15.3. The lowest BCUT2D eigenvalue weighted by Gasteiger charge is -2.16. The first-order valence-corrected chi connectivity index (χ1v) is 8.53. The highest BCUT2D eigenvalue weighted by Crippen LogP contribution is 2.37. The Morgan fingerprint density at radius 1 is 1.36 bits per heavy atom. The van der Waals surface area contributed by atoms with Crippen LogP contribution in [0.15, 0.2) is 41.3 Å². The molecule has 0 aliphatic heterocycles. The van der Waals surface area contributed by atoms with E-state index in [4.69, 9.17) is 0 Å². The Hall–Kier alpha value is -1.62. The molecule has 1 N–H and O–H groups in total. The van der Waals surface area contributed by atoms with Crippen LogP contribution in [0.25, 0.3) is 11.3 Å². The van der Waals surface area contributed by atoms with E-state index in [9.17, 15) is 4.79 Å². The van der Waals surface area contributed by atoms with Crippen molar-refractivity contribution in [2.75, 3.05) is 6.54 Å². The van der Waals surface area contributed by atoms with E-state index in [0.29, 0.717) is 12.6 Å². The van der Waals surface area contributed by atoms with Gasteiger partial charge < -0.3 is 9.88 Å². The van der Waals surface area contributed by atoms with E-state index in [-0.39, 0.29) is 11.8 Å². The molecule has 4 nitrogen and oxygen atoms in total. The highest BCUT2D eigenvalue weighted by atomic mass is 79.9. The third-order valence-corrected chi connectivity index (χ3v) is 4.85. The predicted molar refractivity (Wildman–Crippen MR) is 90.4 cm³/mol. The molecule has 2 aromatic rings. The third-order valence-electron chi connectivity index (χ3n) is 4.33. The number of hydrogen-bond acceptors (Lipinski definition) is 2. The molecule has 116 valence electrons. The number of carbonyl (C=O) groups excluding carboxylic acids is 1. The molecule has 0 bridgehead atoms. The van der Waals surface area contributed by atoms with E-state index in [1.807, 2.05) is 31.6 Å². The molecule has 2 atom stereocenters. The summed E-state index contributed by atoms with van der Waals surface area (Å²) < 4.78 is 3.29. The molecule has 0 unspecified atom stereocenters. The summed E-state index contributed by atoms with van der Waals surface area (Å²) >= 11 is 3.47. The van der Waals surface area contributed by atoms with Gasteiger partial charge in [-0.3, -0.25) is 4.79 Å². The van der Waals surface area contributed by atoms with Crippen molar-refractivity contribution in [2.24, 2.45) is 5.92 Å². The zero-order chi connectivity index (χ0) is 15.5. The van der Waals surface area contributed by atoms with Crippen LogP contribution in [0.2, 0.25) is 0 Å². The Balaban J connectivity index is 1.78. The Bertz CT molecular complexity index is 650. The zero-order valence-corrected chi connectivity index (χ0v) is 14.2. The number of nitrogens with zero attached hydrogens (tertiary/aromatic N) is 2. The van der Waals surface area contributed by atoms with Crippen molar-refractivity contribution in [2.45, 2.75) is 32.2 Å². The summed E-state index contributed by atoms with van der Waals surface area (Å²) in [6.07, 6.45) is 6.67. The molecule has 1 heterocycles. The number of amides is 1. The minimum Gasteiger partial charge on any atom is -0.356 e. The number of imidazole rings is 1. The third kappa shape index (κ3) is 3.09. The number of rotatable bonds is 4. The molecule has 1 saturated carbocycles. The number of hydrogen-bond donors (Lipinski definition) is 1. The van der Waals surface area contributed by atoms with Gasteiger partial charge >= 0.3 is 0 Å². The van der Waals surface area contributed by atoms with Gasteiger partial charge in [-0.2, -0.15) is 0 Å². The van der Waals surface area contributed by atoms with Crippen LogP contribution in [0.5, 0.6) is 0 Å². The van der Waals surface area contributed by atoms with Gasteiger partial charge in [-0.05, 0) is 43.9 Å². The lowest BCUT2D eigenvalue weighted by atomic mass is 10.1. The summed E-state index contributed by atoms with van der Waals surface area (Å²) in [5.41, 5.74) is 2.27. The van der Waals surface area contributed by atoms with Crippen LogP contribution >= 0.6 is 15.9 Å². The van der Waals surface area contributed by atoms with Crippen LogP contribution < -0.4 is 5.32 Å². The van der Waals surface area contributed by atoms with Crippen molar-refractivity contribution >= 4 is 21.8 Å². The fraction of sp³-hybridized carbons (Fsp3) is 0.412. The van der Waals surface area contributed by atoms with Gasteiger partial charge in [-0.1, -0.05) is 28.1 Å². The highest BCUT2D eigenvalue weighted by molar-refractivity contribution is 9.10. The summed E-state index contributed by atoms with van der Waals surface area (Å²) in [4.78, 5) is 16.3. The summed E-state index contributed by atoms with van der Waals surface area (Å²) in [6, 6.07) is 8.62. The molecule has 0 saturated heterocycles. The quantitative estimate of drug-likeness (QED) is 0.900. The van der Waals surface area contributed by atoms with Crippen molar-refractivity contribution in [3.63, 3.8) is 0 Å². The van der Waals surface area contributed by atoms with E-state index >= 15 is 0 Å². The van der Waals surface area contributed by atoms with Crippen LogP contribution in [0.1, 0.15) is 32.2 Å². The normalized spacial score (nSPS) is 21.0. The van der Waals surface area contributed by atoms with E-state index in [2.05, 4.69) is 42.9 Å². The van der Waals surface area contributed by atoms with Crippen LogP contribution in [-0.2, 0) is 4.79 Å². The van der Waals surface area contributed by atoms with Gasteiger partial charge in [0.25, 0.3) is 0 Å². The fourth-order valence-corrected chi connectivity index (χ4v) is 3.47. The summed E-state index contributed by atoms with van der Waals surface area (Å²) in [5.74, 6) is 0.320. The number of aromatic nitrogens is 2. The topological polar surface area (TPSA) is 46.9 Å². The van der Waals surface area contributed by atoms with Gasteiger partial charge in [0.1, 0.15) is 0 Å². The molecule has 1 aliphatic rings. The molecule has 0 radical (unpaired) electrons.